The molecule has 0 saturated heterocycles. The zero-order chi connectivity index (χ0) is 60.4. The molecule has 87 heavy (non-hydrogen) atoms. The fourth-order valence-electron chi connectivity index (χ4n) is 13.4. The summed E-state index contributed by atoms with van der Waals surface area (Å²) < 4.78 is 40.2. The van der Waals surface area contributed by atoms with Crippen LogP contribution in [0.5, 0.6) is 5.75 Å². The lowest BCUT2D eigenvalue weighted by atomic mass is 9.66. The van der Waals surface area contributed by atoms with Crippen LogP contribution in [0.3, 0.4) is 0 Å². The lowest BCUT2D eigenvalue weighted by molar-refractivity contribution is 0.00444. The molecule has 2 aliphatic carbocycles. The van der Waals surface area contributed by atoms with Gasteiger partial charge in [-0.3, -0.25) is 0 Å². The zero-order valence-corrected chi connectivity index (χ0v) is 52.7. The van der Waals surface area contributed by atoms with E-state index in [2.05, 4.69) is 198 Å². The molecule has 0 radical (unpaired) electrons. The Labute approximate surface area is 519 Å². The number of benzene rings is 8. The lowest BCUT2D eigenvalue weighted by Gasteiger charge is -2.35. The molecular weight excluding hydrogens is 1080 g/mol. The summed E-state index contributed by atoms with van der Waals surface area (Å²) in [4.78, 5) is 0. The Kier molecular flexibility index (Phi) is 22.5. The average molecular weight is 1170 g/mol. The number of methoxy groups -OCH3 is 1. The average Bonchev–Trinajstić information content (AvgIpc) is 1.58. The maximum atomic E-state index is 9.04. The van der Waals surface area contributed by atoms with Crippen LogP contribution in [0, 0.1) is 20.8 Å². The summed E-state index contributed by atoms with van der Waals surface area (Å²) in [6.07, 6.45) is 12.2. The van der Waals surface area contributed by atoms with Crippen LogP contribution >= 0.6 is 0 Å². The molecule has 8 aromatic rings. The van der Waals surface area contributed by atoms with Crippen molar-refractivity contribution in [2.75, 3.05) is 86.4 Å². The van der Waals surface area contributed by atoms with Crippen LogP contribution in [0.2, 0.25) is 0 Å². The van der Waals surface area contributed by atoms with Crippen molar-refractivity contribution in [1.29, 1.82) is 0 Å². The van der Waals surface area contributed by atoms with E-state index < -0.39 is 10.8 Å². The highest BCUT2D eigenvalue weighted by Crippen LogP contribution is 2.60. The zero-order valence-electron chi connectivity index (χ0n) is 52.7. The second-order valence-electron chi connectivity index (χ2n) is 23.9. The van der Waals surface area contributed by atoms with Gasteiger partial charge in [0.1, 0.15) is 12.4 Å². The Balaban J connectivity index is 1.07. The fourth-order valence-corrected chi connectivity index (χ4v) is 13.4. The summed E-state index contributed by atoms with van der Waals surface area (Å²) in [6, 6.07) is 63.9. The third-order valence-electron chi connectivity index (χ3n) is 17.9. The SMILES string of the molecule is CCCCCCc1ccc(C2(c3ccc(CCCCCC)cc3)c3cc(C)ccc3-c3ccc(-c4ccc5c(c4)C(c4ccc(OCCOCCOCCOC)cc4)(c4ccc(COCCOCCOCCO)c(C)c4)c4cc(C)ccc4-5)cc32)cc1. The van der Waals surface area contributed by atoms with Gasteiger partial charge in [-0.1, -0.05) is 203 Å². The highest BCUT2D eigenvalue weighted by Gasteiger charge is 2.48. The first-order valence-electron chi connectivity index (χ1n) is 32.3. The molecule has 0 amide bonds. The summed E-state index contributed by atoms with van der Waals surface area (Å²) >= 11 is 0. The van der Waals surface area contributed by atoms with E-state index in [0.717, 1.165) is 35.3 Å². The van der Waals surface area contributed by atoms with Gasteiger partial charge < -0.3 is 38.3 Å². The van der Waals surface area contributed by atoms with E-state index in [4.69, 9.17) is 38.3 Å². The number of aryl methyl sites for hydroxylation is 5. The molecule has 8 aromatic carbocycles. The topological polar surface area (TPSA) is 84.8 Å². The second-order valence-corrected chi connectivity index (χ2v) is 23.9. The van der Waals surface area contributed by atoms with E-state index in [0.29, 0.717) is 79.3 Å². The molecule has 8 heteroatoms. The van der Waals surface area contributed by atoms with Gasteiger partial charge in [0.05, 0.1) is 90.1 Å². The molecule has 1 atom stereocenters. The minimum absolute atomic E-state index is 0.00414. The predicted molar refractivity (Wildman–Crippen MR) is 354 cm³/mol. The van der Waals surface area contributed by atoms with Crippen molar-refractivity contribution >= 4 is 0 Å². The smallest absolute Gasteiger partial charge is 0.119 e. The van der Waals surface area contributed by atoms with Gasteiger partial charge in [-0.25, -0.2) is 0 Å². The minimum Gasteiger partial charge on any atom is -0.491 e. The summed E-state index contributed by atoms with van der Waals surface area (Å²) in [7, 11) is 1.67. The number of aliphatic hydroxyl groups is 1. The van der Waals surface area contributed by atoms with Crippen LogP contribution in [0.25, 0.3) is 33.4 Å². The van der Waals surface area contributed by atoms with Crippen LogP contribution < -0.4 is 4.74 Å². The molecule has 1 unspecified atom stereocenters. The van der Waals surface area contributed by atoms with Gasteiger partial charge in [0.2, 0.25) is 0 Å². The van der Waals surface area contributed by atoms with Gasteiger partial charge in [-0.05, 0) is 171 Å². The molecule has 0 aromatic heterocycles. The first-order chi connectivity index (χ1) is 42.7. The molecule has 0 saturated carbocycles. The van der Waals surface area contributed by atoms with E-state index in [9.17, 15) is 0 Å². The Bertz CT molecular complexity index is 3420. The van der Waals surface area contributed by atoms with Crippen molar-refractivity contribution in [3.05, 3.63) is 242 Å². The van der Waals surface area contributed by atoms with Crippen molar-refractivity contribution in [3.63, 3.8) is 0 Å². The number of ether oxygens (including phenoxy) is 7. The van der Waals surface area contributed by atoms with Crippen LogP contribution in [-0.4, -0.2) is 91.5 Å². The van der Waals surface area contributed by atoms with Gasteiger partial charge in [0.15, 0.2) is 0 Å². The molecule has 8 nitrogen and oxygen atoms in total. The van der Waals surface area contributed by atoms with Gasteiger partial charge in [0, 0.05) is 7.11 Å². The minimum atomic E-state index is -0.696. The standard InChI is InChI=1S/C79H92O8/c1-7-9-11-13-15-60-19-26-65(27-20-60)78(66-28-21-61(22-29-66)16-14-12-10-8-2)74-51-57(3)17-35-70(74)72-37-24-62(54-76(72)78)63-25-38-73-71-36-18-58(4)52-75(71)79(77(73)55-63,67-31-33-69(34-32-67)87-50-49-85-46-45-83-42-41-81-6)68-30-23-64(59(5)53-68)56-86-48-47-84-44-43-82-40-39-80/h17-38,51-55,80H,7-16,39-50,56H2,1-6H3. The Morgan fingerprint density at radius 3 is 1.25 bits per heavy atom. The van der Waals surface area contributed by atoms with Crippen LogP contribution in [0.15, 0.2) is 164 Å². The van der Waals surface area contributed by atoms with Crippen molar-refractivity contribution in [1.82, 2.24) is 0 Å². The molecule has 0 aliphatic heterocycles. The summed E-state index contributed by atoms with van der Waals surface area (Å²) in [5.41, 5.74) is 23.9. The highest BCUT2D eigenvalue weighted by molar-refractivity contribution is 5.91. The van der Waals surface area contributed by atoms with Gasteiger partial charge in [-0.2, -0.15) is 0 Å². The Morgan fingerprint density at radius 1 is 0.368 bits per heavy atom. The third-order valence-corrected chi connectivity index (χ3v) is 17.9. The fraction of sp³-hybridized carbons (Fsp3) is 0.392. The normalized spacial score (nSPS) is 14.5. The lowest BCUT2D eigenvalue weighted by Crippen LogP contribution is -2.29. The second kappa shape index (κ2) is 31.0. The molecule has 0 heterocycles. The van der Waals surface area contributed by atoms with E-state index in [1.54, 1.807) is 7.11 Å². The monoisotopic (exact) mass is 1170 g/mol. The molecule has 456 valence electrons. The van der Waals surface area contributed by atoms with E-state index >= 15 is 0 Å². The first kappa shape index (κ1) is 63.3. The number of rotatable bonds is 35. The van der Waals surface area contributed by atoms with E-state index in [1.165, 1.54) is 146 Å². The van der Waals surface area contributed by atoms with Crippen molar-refractivity contribution in [3.8, 4) is 39.1 Å². The summed E-state index contributed by atoms with van der Waals surface area (Å²) in [5.74, 6) is 0.789. The molecule has 1 N–H and O–H groups in total. The molecule has 0 spiro atoms. The molecular formula is C79H92O8. The largest absolute Gasteiger partial charge is 0.491 e. The molecule has 0 fully saturated rings. The molecule has 0 bridgehead atoms. The van der Waals surface area contributed by atoms with Crippen LogP contribution in [0.4, 0.5) is 0 Å². The van der Waals surface area contributed by atoms with Crippen LogP contribution in [-0.2, 0) is 58.7 Å². The van der Waals surface area contributed by atoms with Crippen LogP contribution in [0.1, 0.15) is 143 Å². The number of aliphatic hydroxyl groups excluding tert-OH is 1. The first-order valence-corrected chi connectivity index (χ1v) is 32.3. The maximum Gasteiger partial charge on any atom is 0.119 e. The predicted octanol–water partition coefficient (Wildman–Crippen LogP) is 16.9. The summed E-state index contributed by atoms with van der Waals surface area (Å²) in [5, 5.41) is 9.04. The maximum absolute atomic E-state index is 9.04. The Morgan fingerprint density at radius 2 is 0.782 bits per heavy atom. The molecule has 2 aliphatic rings. The van der Waals surface area contributed by atoms with Gasteiger partial charge in [0.25, 0.3) is 0 Å². The number of hydrogen-bond donors (Lipinski definition) is 1. The van der Waals surface area contributed by atoms with Gasteiger partial charge in [-0.15, -0.1) is 0 Å². The molecule has 10 rings (SSSR count). The van der Waals surface area contributed by atoms with Crippen molar-refractivity contribution in [2.24, 2.45) is 0 Å². The number of unbranched alkanes of at least 4 members (excludes halogenated alkanes) is 6. The summed E-state index contributed by atoms with van der Waals surface area (Å²) in [6.45, 7) is 16.8. The van der Waals surface area contributed by atoms with Gasteiger partial charge >= 0.3 is 0 Å². The van der Waals surface area contributed by atoms with E-state index in [1.807, 2.05) is 0 Å². The third kappa shape index (κ3) is 14.3. The van der Waals surface area contributed by atoms with Crippen molar-refractivity contribution < 1.29 is 38.3 Å². The van der Waals surface area contributed by atoms with Crippen molar-refractivity contribution in [2.45, 2.75) is 116 Å². The number of hydrogen-bond acceptors (Lipinski definition) is 8. The quantitative estimate of drug-likeness (QED) is 0.0393. The highest BCUT2D eigenvalue weighted by atomic mass is 16.6. The Hall–Kier alpha value is -6.72. The number of fused-ring (bicyclic) bond motifs is 6. The van der Waals surface area contributed by atoms with E-state index in [-0.39, 0.29) is 6.61 Å².